The summed E-state index contributed by atoms with van der Waals surface area (Å²) in [4.78, 5) is 22.7. The lowest BCUT2D eigenvalue weighted by atomic mass is 10.2. The molecule has 0 fully saturated rings. The summed E-state index contributed by atoms with van der Waals surface area (Å²) >= 11 is 6.26. The molecule has 1 heterocycles. The zero-order valence-corrected chi connectivity index (χ0v) is 14.8. The van der Waals surface area contributed by atoms with Crippen molar-refractivity contribution in [2.24, 2.45) is 0 Å². The number of carbonyl (C=O) groups is 1. The van der Waals surface area contributed by atoms with Crippen molar-refractivity contribution in [2.75, 3.05) is 0 Å². The van der Waals surface area contributed by atoms with E-state index < -0.39 is 16.7 Å². The number of esters is 1. The van der Waals surface area contributed by atoms with Crippen LogP contribution in [0.2, 0.25) is 5.15 Å². The minimum atomic E-state index is -0.711. The van der Waals surface area contributed by atoms with Crippen LogP contribution in [-0.4, -0.2) is 20.7 Å². The lowest BCUT2D eigenvalue weighted by Gasteiger charge is -2.06. The predicted molar refractivity (Wildman–Crippen MR) is 95.5 cm³/mol. The van der Waals surface area contributed by atoms with Crippen molar-refractivity contribution in [1.82, 2.24) is 9.78 Å². The van der Waals surface area contributed by atoms with Crippen LogP contribution in [0.3, 0.4) is 0 Å². The van der Waals surface area contributed by atoms with Crippen LogP contribution in [0, 0.1) is 22.9 Å². The highest BCUT2D eigenvalue weighted by Gasteiger charge is 2.22. The number of benzene rings is 2. The quantitative estimate of drug-likeness (QED) is 0.370. The fraction of sp³-hybridized carbons (Fsp3) is 0.111. The lowest BCUT2D eigenvalue weighted by Crippen LogP contribution is -2.07. The van der Waals surface area contributed by atoms with E-state index in [0.717, 1.165) is 0 Å². The molecule has 0 radical (unpaired) electrons. The largest absolute Gasteiger partial charge is 0.457 e. The molecule has 1 aromatic heterocycles. The molecule has 0 N–H and O–H groups in total. The fourth-order valence-corrected chi connectivity index (χ4v) is 2.81. The van der Waals surface area contributed by atoms with Crippen LogP contribution < -0.4 is 0 Å². The molecular weight excluding hydrogens is 377 g/mol. The number of nitro groups is 1. The second-order valence-electron chi connectivity index (χ2n) is 5.64. The van der Waals surface area contributed by atoms with Crippen LogP contribution in [0.5, 0.6) is 0 Å². The Hall–Kier alpha value is -3.26. The molecule has 0 saturated heterocycles. The van der Waals surface area contributed by atoms with E-state index in [0.29, 0.717) is 16.9 Å². The van der Waals surface area contributed by atoms with Crippen LogP contribution in [0.4, 0.5) is 10.1 Å². The van der Waals surface area contributed by atoms with Gasteiger partial charge in [0.2, 0.25) is 0 Å². The fourth-order valence-electron chi connectivity index (χ4n) is 2.47. The number of ether oxygens (including phenoxy) is 1. The Morgan fingerprint density at radius 1 is 1.30 bits per heavy atom. The minimum Gasteiger partial charge on any atom is -0.457 e. The zero-order chi connectivity index (χ0) is 19.6. The van der Waals surface area contributed by atoms with Gasteiger partial charge in [0, 0.05) is 12.1 Å². The van der Waals surface area contributed by atoms with Crippen molar-refractivity contribution in [3.05, 3.63) is 86.4 Å². The van der Waals surface area contributed by atoms with Crippen molar-refractivity contribution in [3.8, 4) is 5.69 Å². The first-order chi connectivity index (χ1) is 12.9. The van der Waals surface area contributed by atoms with E-state index in [1.165, 1.54) is 47.1 Å². The third-order valence-electron chi connectivity index (χ3n) is 3.77. The van der Waals surface area contributed by atoms with Crippen molar-refractivity contribution in [2.45, 2.75) is 13.5 Å². The van der Waals surface area contributed by atoms with Gasteiger partial charge in [0.05, 0.1) is 16.3 Å². The Bertz CT molecular complexity index is 1020. The molecule has 9 heteroatoms. The number of rotatable bonds is 5. The first-order valence-electron chi connectivity index (χ1n) is 7.78. The molecule has 0 aliphatic carbocycles. The van der Waals surface area contributed by atoms with Gasteiger partial charge in [-0.25, -0.2) is 13.9 Å². The maximum absolute atomic E-state index is 13.1. The Balaban J connectivity index is 1.80. The number of aromatic nitrogens is 2. The summed E-state index contributed by atoms with van der Waals surface area (Å²) in [6.45, 7) is 1.44. The molecule has 0 unspecified atom stereocenters. The summed E-state index contributed by atoms with van der Waals surface area (Å²) in [5.41, 5.74) is 1.28. The molecule has 7 nitrogen and oxygen atoms in total. The normalized spacial score (nSPS) is 10.6. The number of non-ortho nitro benzene ring substituents is 1. The van der Waals surface area contributed by atoms with Crippen LogP contribution in [0.15, 0.2) is 48.5 Å². The maximum atomic E-state index is 13.1. The van der Waals surface area contributed by atoms with E-state index in [4.69, 9.17) is 16.3 Å². The average molecular weight is 390 g/mol. The summed E-state index contributed by atoms with van der Waals surface area (Å²) in [6.07, 6.45) is 0. The smallest absolute Gasteiger partial charge is 0.343 e. The molecule has 2 aromatic carbocycles. The van der Waals surface area contributed by atoms with E-state index >= 15 is 0 Å². The maximum Gasteiger partial charge on any atom is 0.343 e. The van der Waals surface area contributed by atoms with Crippen LogP contribution >= 0.6 is 11.6 Å². The number of nitrogens with zero attached hydrogens (tertiary/aromatic N) is 3. The molecule has 0 spiro atoms. The highest BCUT2D eigenvalue weighted by molar-refractivity contribution is 6.33. The number of hydrogen-bond donors (Lipinski definition) is 0. The standard InChI is InChI=1S/C18H13ClFN3O4/c1-11-16(17(19)22(21-11)14-7-5-13(20)6-8-14)18(24)27-10-12-3-2-4-15(9-12)23(25)26/h2-9H,10H2,1H3. The van der Waals surface area contributed by atoms with E-state index in [1.54, 1.807) is 13.0 Å². The van der Waals surface area contributed by atoms with Gasteiger partial charge in [0.15, 0.2) is 0 Å². The number of aryl methyl sites for hydroxylation is 1. The Morgan fingerprint density at radius 3 is 2.67 bits per heavy atom. The summed E-state index contributed by atoms with van der Waals surface area (Å²) in [7, 11) is 0. The van der Waals surface area contributed by atoms with Crippen LogP contribution in [-0.2, 0) is 11.3 Å². The summed E-state index contributed by atoms with van der Waals surface area (Å²) < 4.78 is 19.6. The molecule has 0 aliphatic heterocycles. The highest BCUT2D eigenvalue weighted by Crippen LogP contribution is 2.25. The summed E-state index contributed by atoms with van der Waals surface area (Å²) in [5, 5.41) is 15.0. The van der Waals surface area contributed by atoms with Gasteiger partial charge in [-0.15, -0.1) is 0 Å². The Kier molecular flexibility index (Phi) is 5.18. The summed E-state index contributed by atoms with van der Waals surface area (Å²) in [6, 6.07) is 11.2. The molecule has 138 valence electrons. The SMILES string of the molecule is Cc1nn(-c2ccc(F)cc2)c(Cl)c1C(=O)OCc1cccc([N+](=O)[O-])c1. The molecule has 0 aliphatic rings. The molecule has 0 atom stereocenters. The molecule has 3 aromatic rings. The predicted octanol–water partition coefficient (Wildman–Crippen LogP) is 4.24. The van der Waals surface area contributed by atoms with Gasteiger partial charge in [0.1, 0.15) is 23.1 Å². The van der Waals surface area contributed by atoms with Gasteiger partial charge >= 0.3 is 5.97 Å². The summed E-state index contributed by atoms with van der Waals surface area (Å²) in [5.74, 6) is -1.12. The zero-order valence-electron chi connectivity index (χ0n) is 14.1. The van der Waals surface area contributed by atoms with E-state index in [1.807, 2.05) is 0 Å². The van der Waals surface area contributed by atoms with Crippen molar-refractivity contribution < 1.29 is 18.8 Å². The van der Waals surface area contributed by atoms with Crippen molar-refractivity contribution in [1.29, 1.82) is 0 Å². The van der Waals surface area contributed by atoms with Crippen molar-refractivity contribution in [3.63, 3.8) is 0 Å². The van der Waals surface area contributed by atoms with Gasteiger partial charge in [0.25, 0.3) is 5.69 Å². The number of halogens is 2. The molecule has 0 saturated carbocycles. The van der Waals surface area contributed by atoms with Crippen LogP contribution in [0.25, 0.3) is 5.69 Å². The lowest BCUT2D eigenvalue weighted by molar-refractivity contribution is -0.384. The van der Waals surface area contributed by atoms with E-state index in [-0.39, 0.29) is 23.0 Å². The Morgan fingerprint density at radius 2 is 2.00 bits per heavy atom. The number of nitro benzene ring substituents is 1. The topological polar surface area (TPSA) is 87.3 Å². The second-order valence-corrected chi connectivity index (χ2v) is 6.00. The van der Waals surface area contributed by atoms with Gasteiger partial charge < -0.3 is 4.74 Å². The number of hydrogen-bond acceptors (Lipinski definition) is 5. The van der Waals surface area contributed by atoms with Gasteiger partial charge in [-0.3, -0.25) is 10.1 Å². The Labute approximate surface area is 158 Å². The molecule has 0 amide bonds. The monoisotopic (exact) mass is 389 g/mol. The average Bonchev–Trinajstić information content (AvgIpc) is 2.95. The van der Waals surface area contributed by atoms with E-state index in [2.05, 4.69) is 5.10 Å². The first kappa shape index (κ1) is 18.5. The highest BCUT2D eigenvalue weighted by atomic mass is 35.5. The van der Waals surface area contributed by atoms with Gasteiger partial charge in [-0.1, -0.05) is 23.7 Å². The third kappa shape index (κ3) is 3.95. The van der Waals surface area contributed by atoms with Gasteiger partial charge in [-0.05, 0) is 36.8 Å². The first-order valence-corrected chi connectivity index (χ1v) is 8.16. The van der Waals surface area contributed by atoms with Gasteiger partial charge in [-0.2, -0.15) is 5.10 Å². The molecule has 3 rings (SSSR count). The second kappa shape index (κ2) is 7.55. The van der Waals surface area contributed by atoms with Crippen LogP contribution in [0.1, 0.15) is 21.6 Å². The molecular formula is C18H13ClFN3O4. The van der Waals surface area contributed by atoms with E-state index in [9.17, 15) is 19.3 Å². The van der Waals surface area contributed by atoms with Crippen molar-refractivity contribution >= 4 is 23.3 Å². The molecule has 27 heavy (non-hydrogen) atoms. The third-order valence-corrected chi connectivity index (χ3v) is 4.12. The number of carbonyl (C=O) groups excluding carboxylic acids is 1. The molecule has 0 bridgehead atoms. The minimum absolute atomic E-state index is 0.0307.